The van der Waals surface area contributed by atoms with E-state index >= 15 is 0 Å². The van der Waals surface area contributed by atoms with Crippen LogP contribution in [0.3, 0.4) is 0 Å². The van der Waals surface area contributed by atoms with Crippen LogP contribution < -0.4 is 0 Å². The molecular weight excluding hydrogens is 300 g/mol. The molecule has 0 spiro atoms. The van der Waals surface area contributed by atoms with Crippen molar-refractivity contribution in [3.8, 4) is 0 Å². The van der Waals surface area contributed by atoms with E-state index in [9.17, 15) is 9.59 Å². The summed E-state index contributed by atoms with van der Waals surface area (Å²) in [4.78, 5) is 25.7. The second-order valence-corrected chi connectivity index (χ2v) is 8.43. The lowest BCUT2D eigenvalue weighted by Gasteiger charge is -2.51. The first-order valence-corrected chi connectivity index (χ1v) is 8.96. The van der Waals surface area contributed by atoms with Crippen LogP contribution in [0.5, 0.6) is 0 Å². The number of carbonyl (C=O) groups is 2. The molecule has 0 aromatic heterocycles. The normalized spacial score (nSPS) is 48.3. The molecule has 5 rings (SSSR count). The number of cyclic esters (lactones) is 2. The zero-order valence-electron chi connectivity index (χ0n) is 14.2. The van der Waals surface area contributed by atoms with Gasteiger partial charge in [0.15, 0.2) is 0 Å². The molecule has 0 amide bonds. The summed E-state index contributed by atoms with van der Waals surface area (Å²) in [6.07, 6.45) is 8.80. The summed E-state index contributed by atoms with van der Waals surface area (Å²) in [6.45, 7) is 4.29. The van der Waals surface area contributed by atoms with E-state index in [2.05, 4.69) is 31.2 Å². The highest BCUT2D eigenvalue weighted by Crippen LogP contribution is 2.83. The van der Waals surface area contributed by atoms with Crippen molar-refractivity contribution in [1.82, 2.24) is 0 Å². The van der Waals surface area contributed by atoms with Crippen molar-refractivity contribution in [2.45, 2.75) is 44.9 Å². The topological polar surface area (TPSA) is 43.4 Å². The monoisotopic (exact) mass is 322 g/mol. The van der Waals surface area contributed by atoms with E-state index in [-0.39, 0.29) is 28.7 Å². The van der Waals surface area contributed by atoms with E-state index in [4.69, 9.17) is 4.74 Å². The van der Waals surface area contributed by atoms with Crippen LogP contribution in [0.4, 0.5) is 0 Å². The van der Waals surface area contributed by atoms with E-state index in [0.717, 1.165) is 31.2 Å². The van der Waals surface area contributed by atoms with E-state index in [1.165, 1.54) is 0 Å². The number of fused-ring (bicyclic) bond motifs is 2. The average Bonchev–Trinajstić information content (AvgIpc) is 3.05. The summed E-state index contributed by atoms with van der Waals surface area (Å²) in [6, 6.07) is 10.3. The van der Waals surface area contributed by atoms with Gasteiger partial charge in [-0.15, -0.1) is 0 Å². The molecule has 1 saturated heterocycles. The van der Waals surface area contributed by atoms with Crippen molar-refractivity contribution in [2.75, 3.05) is 0 Å². The Morgan fingerprint density at radius 3 is 2.46 bits per heavy atom. The van der Waals surface area contributed by atoms with Gasteiger partial charge in [-0.1, -0.05) is 62.2 Å². The van der Waals surface area contributed by atoms with Gasteiger partial charge in [0.05, 0.1) is 11.3 Å². The van der Waals surface area contributed by atoms with Gasteiger partial charge in [-0.25, -0.2) is 0 Å². The molecule has 0 unspecified atom stereocenters. The molecule has 3 fully saturated rings. The number of hydrogen-bond acceptors (Lipinski definition) is 3. The molecule has 2 bridgehead atoms. The Hall–Kier alpha value is -1.90. The summed E-state index contributed by atoms with van der Waals surface area (Å²) in [5, 5.41) is 0. The Labute approximate surface area is 142 Å². The molecule has 3 heteroatoms. The fraction of sp³-hybridized carbons (Fsp3) is 0.524. The van der Waals surface area contributed by atoms with E-state index < -0.39 is 10.8 Å². The molecule has 0 radical (unpaired) electrons. The van der Waals surface area contributed by atoms with Gasteiger partial charge in [-0.3, -0.25) is 9.59 Å². The number of benzene rings is 1. The predicted octanol–water partition coefficient (Wildman–Crippen LogP) is 3.78. The average molecular weight is 322 g/mol. The highest BCUT2D eigenvalue weighted by atomic mass is 16.6. The van der Waals surface area contributed by atoms with Crippen LogP contribution in [-0.4, -0.2) is 11.9 Å². The lowest BCUT2D eigenvalue weighted by molar-refractivity contribution is -0.159. The smallest absolute Gasteiger partial charge is 0.321 e. The highest BCUT2D eigenvalue weighted by molar-refractivity contribution is 6.03. The Morgan fingerprint density at radius 1 is 1.00 bits per heavy atom. The minimum Gasteiger partial charge on any atom is -0.392 e. The van der Waals surface area contributed by atoms with Crippen molar-refractivity contribution >= 4 is 11.9 Å². The molecule has 2 saturated carbocycles. The molecule has 1 aromatic carbocycles. The zero-order chi connectivity index (χ0) is 16.8. The number of allylic oxidation sites excluding steroid dienone is 2. The molecule has 1 heterocycles. The Kier molecular flexibility index (Phi) is 2.41. The molecule has 1 aromatic rings. The summed E-state index contributed by atoms with van der Waals surface area (Å²) in [5.74, 6) is -0.994. The molecule has 124 valence electrons. The van der Waals surface area contributed by atoms with Gasteiger partial charge < -0.3 is 4.74 Å². The fourth-order valence-electron chi connectivity index (χ4n) is 7.14. The Balaban J connectivity index is 1.90. The summed E-state index contributed by atoms with van der Waals surface area (Å²) < 4.78 is 5.23. The number of ether oxygens (including phenoxy) is 1. The van der Waals surface area contributed by atoms with Gasteiger partial charge in [-0.2, -0.15) is 0 Å². The van der Waals surface area contributed by atoms with Crippen molar-refractivity contribution in [2.24, 2.45) is 22.2 Å². The van der Waals surface area contributed by atoms with E-state index in [1.54, 1.807) is 0 Å². The van der Waals surface area contributed by atoms with Crippen LogP contribution in [0.1, 0.15) is 45.1 Å². The maximum absolute atomic E-state index is 13.0. The molecular formula is C21H22O3. The lowest BCUT2D eigenvalue weighted by atomic mass is 9.51. The second kappa shape index (κ2) is 4.01. The zero-order valence-corrected chi connectivity index (χ0v) is 14.2. The SMILES string of the molecule is C[C@]12CCCC[C@@]13C=C[C@]2(c1ccccc1)[C@@]1(C)C(=O)OC(=O)[C@H]13. The minimum absolute atomic E-state index is 0.117. The third-order valence-corrected chi connectivity index (χ3v) is 8.04. The second-order valence-electron chi connectivity index (χ2n) is 8.43. The summed E-state index contributed by atoms with van der Waals surface area (Å²) in [5.41, 5.74) is -0.494. The van der Waals surface area contributed by atoms with Crippen molar-refractivity contribution in [3.63, 3.8) is 0 Å². The van der Waals surface area contributed by atoms with Crippen molar-refractivity contribution < 1.29 is 14.3 Å². The Bertz CT molecular complexity index is 797. The van der Waals surface area contributed by atoms with E-state index in [1.807, 2.05) is 25.1 Å². The number of esters is 2. The number of carbonyl (C=O) groups excluding carboxylic acids is 2. The van der Waals surface area contributed by atoms with Crippen molar-refractivity contribution in [3.05, 3.63) is 48.0 Å². The molecule has 3 aliphatic carbocycles. The summed E-state index contributed by atoms with van der Waals surface area (Å²) >= 11 is 0. The molecule has 0 N–H and O–H groups in total. The van der Waals surface area contributed by atoms with Gasteiger partial charge in [0, 0.05) is 10.8 Å². The fourth-order valence-corrected chi connectivity index (χ4v) is 7.14. The van der Waals surface area contributed by atoms with Crippen LogP contribution >= 0.6 is 0 Å². The highest BCUT2D eigenvalue weighted by Gasteiger charge is 2.86. The van der Waals surface area contributed by atoms with Gasteiger partial charge >= 0.3 is 11.9 Å². The van der Waals surface area contributed by atoms with Gasteiger partial charge in [-0.05, 0) is 30.7 Å². The van der Waals surface area contributed by atoms with Crippen LogP contribution in [0.25, 0.3) is 0 Å². The first-order valence-electron chi connectivity index (χ1n) is 8.96. The van der Waals surface area contributed by atoms with Crippen LogP contribution in [-0.2, 0) is 19.7 Å². The number of rotatable bonds is 1. The summed E-state index contributed by atoms with van der Waals surface area (Å²) in [7, 11) is 0. The molecule has 24 heavy (non-hydrogen) atoms. The third kappa shape index (κ3) is 1.11. The quantitative estimate of drug-likeness (QED) is 0.449. The maximum Gasteiger partial charge on any atom is 0.321 e. The molecule has 1 aliphatic heterocycles. The first-order chi connectivity index (χ1) is 11.4. The maximum atomic E-state index is 13.0. The molecule has 5 atom stereocenters. The van der Waals surface area contributed by atoms with Crippen LogP contribution in [0.2, 0.25) is 0 Å². The third-order valence-electron chi connectivity index (χ3n) is 8.04. The molecule has 4 aliphatic rings. The number of hydrogen-bond donors (Lipinski definition) is 0. The predicted molar refractivity (Wildman–Crippen MR) is 89.0 cm³/mol. The van der Waals surface area contributed by atoms with Crippen LogP contribution in [0.15, 0.2) is 42.5 Å². The van der Waals surface area contributed by atoms with E-state index in [0.29, 0.717) is 0 Å². The van der Waals surface area contributed by atoms with Crippen molar-refractivity contribution in [1.29, 1.82) is 0 Å². The van der Waals surface area contributed by atoms with Gasteiger partial charge in [0.1, 0.15) is 0 Å². The van der Waals surface area contributed by atoms with Crippen LogP contribution in [0, 0.1) is 22.2 Å². The largest absolute Gasteiger partial charge is 0.392 e. The Morgan fingerprint density at radius 2 is 1.71 bits per heavy atom. The minimum atomic E-state index is -0.806. The van der Waals surface area contributed by atoms with Gasteiger partial charge in [0.2, 0.25) is 0 Å². The molecule has 3 nitrogen and oxygen atoms in total. The first kappa shape index (κ1) is 14.4. The van der Waals surface area contributed by atoms with Gasteiger partial charge in [0.25, 0.3) is 0 Å². The standard InChI is InChI=1S/C21H22O3/c1-18-10-6-7-11-20(18)12-13-21(18,14-8-4-3-5-9-14)19(2)15(20)16(22)24-17(19)23/h3-5,8-9,12-13,15H,6-7,10-11H2,1-2H3/t15-,18+,19-,20+,21-/m1/s1. The lowest BCUT2D eigenvalue weighted by Crippen LogP contribution is -2.51.